The first-order valence-electron chi connectivity index (χ1n) is 6.78. The highest BCUT2D eigenvalue weighted by atomic mass is 16.3. The molecular weight excluding hydrogens is 222 g/mol. The van der Waals surface area contributed by atoms with Gasteiger partial charge in [-0.3, -0.25) is 4.98 Å². The summed E-state index contributed by atoms with van der Waals surface area (Å²) in [6, 6.07) is 12.0. The Labute approximate surface area is 109 Å². The smallest absolute Gasteiger partial charge is 0.0962 e. The maximum absolute atomic E-state index is 10.3. The van der Waals surface area contributed by atoms with Crippen LogP contribution in [-0.4, -0.2) is 10.1 Å². The number of hydrogen-bond acceptors (Lipinski definition) is 2. The van der Waals surface area contributed by atoms with Crippen LogP contribution >= 0.6 is 0 Å². The molecule has 0 bridgehead atoms. The third kappa shape index (κ3) is 2.88. The SMILES string of the molecule is CCC(CC)CC(O)c1ccc2ccccc2n1. The van der Waals surface area contributed by atoms with Gasteiger partial charge in [0, 0.05) is 5.39 Å². The molecule has 2 nitrogen and oxygen atoms in total. The molecule has 0 saturated carbocycles. The predicted octanol–water partition coefficient (Wildman–Crippen LogP) is 4.09. The maximum atomic E-state index is 10.3. The lowest BCUT2D eigenvalue weighted by atomic mass is 9.94. The lowest BCUT2D eigenvalue weighted by molar-refractivity contribution is 0.137. The van der Waals surface area contributed by atoms with Gasteiger partial charge < -0.3 is 5.11 Å². The fourth-order valence-electron chi connectivity index (χ4n) is 2.33. The molecule has 0 spiro atoms. The van der Waals surface area contributed by atoms with E-state index < -0.39 is 6.10 Å². The van der Waals surface area contributed by atoms with Crippen LogP contribution in [0.2, 0.25) is 0 Å². The Morgan fingerprint density at radius 3 is 2.50 bits per heavy atom. The molecule has 2 aromatic rings. The minimum atomic E-state index is -0.445. The average molecular weight is 243 g/mol. The van der Waals surface area contributed by atoms with Gasteiger partial charge in [0.25, 0.3) is 0 Å². The van der Waals surface area contributed by atoms with Crippen molar-refractivity contribution in [2.45, 2.75) is 39.2 Å². The Balaban J connectivity index is 2.19. The van der Waals surface area contributed by atoms with Crippen LogP contribution < -0.4 is 0 Å². The van der Waals surface area contributed by atoms with E-state index in [1.807, 2.05) is 36.4 Å². The third-order valence-electron chi connectivity index (χ3n) is 3.67. The zero-order valence-corrected chi connectivity index (χ0v) is 11.1. The van der Waals surface area contributed by atoms with Crippen LogP contribution in [0, 0.1) is 5.92 Å². The molecule has 2 rings (SSSR count). The van der Waals surface area contributed by atoms with Crippen molar-refractivity contribution in [3.63, 3.8) is 0 Å². The molecule has 1 N–H and O–H groups in total. The van der Waals surface area contributed by atoms with Crippen molar-refractivity contribution >= 4 is 10.9 Å². The van der Waals surface area contributed by atoms with Crippen molar-refractivity contribution in [2.24, 2.45) is 5.92 Å². The van der Waals surface area contributed by atoms with Gasteiger partial charge in [-0.2, -0.15) is 0 Å². The minimum absolute atomic E-state index is 0.445. The fourth-order valence-corrected chi connectivity index (χ4v) is 2.33. The van der Waals surface area contributed by atoms with Crippen LogP contribution in [0.25, 0.3) is 10.9 Å². The van der Waals surface area contributed by atoms with Gasteiger partial charge in [-0.15, -0.1) is 0 Å². The Kier molecular flexibility index (Phi) is 4.32. The fraction of sp³-hybridized carbons (Fsp3) is 0.438. The molecule has 96 valence electrons. The number of pyridine rings is 1. The normalized spacial score (nSPS) is 13.1. The van der Waals surface area contributed by atoms with Crippen molar-refractivity contribution in [1.29, 1.82) is 0 Å². The second-order valence-electron chi connectivity index (χ2n) is 4.86. The summed E-state index contributed by atoms with van der Waals surface area (Å²) in [5.41, 5.74) is 1.75. The van der Waals surface area contributed by atoms with Crippen molar-refractivity contribution in [1.82, 2.24) is 4.98 Å². The largest absolute Gasteiger partial charge is 0.387 e. The minimum Gasteiger partial charge on any atom is -0.387 e. The van der Waals surface area contributed by atoms with Gasteiger partial charge in [-0.25, -0.2) is 0 Å². The summed E-state index contributed by atoms with van der Waals surface area (Å²) in [7, 11) is 0. The van der Waals surface area contributed by atoms with E-state index >= 15 is 0 Å². The molecule has 1 aromatic carbocycles. The van der Waals surface area contributed by atoms with Gasteiger partial charge in [0.1, 0.15) is 0 Å². The van der Waals surface area contributed by atoms with Gasteiger partial charge in [-0.05, 0) is 24.5 Å². The van der Waals surface area contributed by atoms with E-state index in [2.05, 4.69) is 18.8 Å². The van der Waals surface area contributed by atoms with Crippen molar-refractivity contribution in [3.8, 4) is 0 Å². The standard InChI is InChI=1S/C16H21NO/c1-3-12(4-2)11-16(18)15-10-9-13-7-5-6-8-14(13)17-15/h5-10,12,16,18H,3-4,11H2,1-2H3. The summed E-state index contributed by atoms with van der Waals surface area (Å²) < 4.78 is 0. The molecule has 0 fully saturated rings. The molecule has 0 aliphatic rings. The zero-order valence-electron chi connectivity index (χ0n) is 11.1. The number of aliphatic hydroxyl groups excluding tert-OH is 1. The molecule has 0 amide bonds. The highest BCUT2D eigenvalue weighted by molar-refractivity contribution is 5.78. The Morgan fingerprint density at radius 1 is 1.06 bits per heavy atom. The van der Waals surface area contributed by atoms with E-state index in [9.17, 15) is 5.11 Å². The van der Waals surface area contributed by atoms with Gasteiger partial charge >= 0.3 is 0 Å². The maximum Gasteiger partial charge on any atom is 0.0962 e. The first-order chi connectivity index (χ1) is 8.74. The molecule has 1 unspecified atom stereocenters. The van der Waals surface area contributed by atoms with Crippen LogP contribution in [0.15, 0.2) is 36.4 Å². The number of aromatic nitrogens is 1. The first kappa shape index (κ1) is 13.0. The average Bonchev–Trinajstić information content (AvgIpc) is 2.44. The molecule has 1 atom stereocenters. The van der Waals surface area contributed by atoms with Crippen molar-refractivity contribution < 1.29 is 5.11 Å². The lowest BCUT2D eigenvalue weighted by Gasteiger charge is -2.17. The Morgan fingerprint density at radius 2 is 1.78 bits per heavy atom. The van der Waals surface area contributed by atoms with E-state index in [0.717, 1.165) is 35.9 Å². The number of fused-ring (bicyclic) bond motifs is 1. The summed E-state index contributed by atoms with van der Waals surface area (Å²) in [5.74, 6) is 0.577. The quantitative estimate of drug-likeness (QED) is 0.857. The molecular formula is C16H21NO. The van der Waals surface area contributed by atoms with Gasteiger partial charge in [0.05, 0.1) is 17.3 Å². The number of aliphatic hydroxyl groups is 1. The molecule has 1 aromatic heterocycles. The number of nitrogens with zero attached hydrogens (tertiary/aromatic N) is 1. The number of benzene rings is 1. The summed E-state index contributed by atoms with van der Waals surface area (Å²) in [6.07, 6.45) is 2.58. The lowest BCUT2D eigenvalue weighted by Crippen LogP contribution is -2.07. The van der Waals surface area contributed by atoms with Crippen LogP contribution in [0.5, 0.6) is 0 Å². The highest BCUT2D eigenvalue weighted by Crippen LogP contribution is 2.25. The van der Waals surface area contributed by atoms with E-state index in [1.54, 1.807) is 0 Å². The van der Waals surface area contributed by atoms with E-state index in [-0.39, 0.29) is 0 Å². The molecule has 1 heterocycles. The summed E-state index contributed by atoms with van der Waals surface area (Å²) in [4.78, 5) is 4.55. The third-order valence-corrected chi connectivity index (χ3v) is 3.67. The molecule has 0 radical (unpaired) electrons. The summed E-state index contributed by atoms with van der Waals surface area (Å²) >= 11 is 0. The van der Waals surface area contributed by atoms with Crippen LogP contribution in [0.4, 0.5) is 0 Å². The second kappa shape index (κ2) is 5.96. The predicted molar refractivity (Wildman–Crippen MR) is 75.4 cm³/mol. The van der Waals surface area contributed by atoms with Crippen LogP contribution in [0.1, 0.15) is 44.9 Å². The van der Waals surface area contributed by atoms with Gasteiger partial charge in [0.15, 0.2) is 0 Å². The van der Waals surface area contributed by atoms with E-state index in [0.29, 0.717) is 5.92 Å². The molecule has 0 saturated heterocycles. The Bertz CT molecular complexity index is 505. The van der Waals surface area contributed by atoms with Crippen molar-refractivity contribution in [2.75, 3.05) is 0 Å². The molecule has 0 aliphatic heterocycles. The summed E-state index contributed by atoms with van der Waals surface area (Å²) in [6.45, 7) is 4.35. The van der Waals surface area contributed by atoms with Crippen LogP contribution in [-0.2, 0) is 0 Å². The molecule has 0 aliphatic carbocycles. The van der Waals surface area contributed by atoms with E-state index in [4.69, 9.17) is 0 Å². The zero-order chi connectivity index (χ0) is 13.0. The topological polar surface area (TPSA) is 33.1 Å². The molecule has 18 heavy (non-hydrogen) atoms. The van der Waals surface area contributed by atoms with Gasteiger partial charge in [-0.1, -0.05) is 51.0 Å². The highest BCUT2D eigenvalue weighted by Gasteiger charge is 2.14. The molecule has 2 heteroatoms. The second-order valence-corrected chi connectivity index (χ2v) is 4.86. The van der Waals surface area contributed by atoms with Crippen molar-refractivity contribution in [3.05, 3.63) is 42.1 Å². The number of hydrogen-bond donors (Lipinski definition) is 1. The Hall–Kier alpha value is -1.41. The monoisotopic (exact) mass is 243 g/mol. The van der Waals surface area contributed by atoms with Crippen LogP contribution in [0.3, 0.4) is 0 Å². The number of para-hydroxylation sites is 1. The van der Waals surface area contributed by atoms with E-state index in [1.165, 1.54) is 0 Å². The van der Waals surface area contributed by atoms with Gasteiger partial charge in [0.2, 0.25) is 0 Å². The number of rotatable bonds is 5. The summed E-state index contributed by atoms with van der Waals surface area (Å²) in [5, 5.41) is 11.4. The first-order valence-corrected chi connectivity index (χ1v) is 6.78.